The standard InChI is InChI=1S/C22H25ClN6O2/c23-13-19(24)25-12-6-11-18(21(30)26-14-15-7-2-1-3-8-15)29-22(31)20-27-16-9-4-5-10-17(16)28-20/h1-5,7-10,18H,6,11-14H2,(H2,24,25)(H,26,30)(H,27,28)(H,29,31)/t18-/m0/s1. The summed E-state index contributed by atoms with van der Waals surface area (Å²) in [6, 6.07) is 16.2. The fraction of sp³-hybridized carbons (Fsp3) is 0.273. The fourth-order valence-electron chi connectivity index (χ4n) is 3.02. The van der Waals surface area contributed by atoms with Crippen LogP contribution in [0.5, 0.6) is 0 Å². The van der Waals surface area contributed by atoms with Crippen LogP contribution in [-0.2, 0) is 11.3 Å². The molecule has 0 fully saturated rings. The third-order valence-electron chi connectivity index (χ3n) is 4.64. The lowest BCUT2D eigenvalue weighted by molar-refractivity contribution is -0.123. The summed E-state index contributed by atoms with van der Waals surface area (Å²) < 4.78 is 0. The largest absolute Gasteiger partial charge is 0.386 e. The van der Waals surface area contributed by atoms with Crippen LogP contribution >= 0.6 is 11.6 Å². The van der Waals surface area contributed by atoms with Crippen LogP contribution in [0.3, 0.4) is 0 Å². The third kappa shape index (κ3) is 6.55. The number of amides is 2. The third-order valence-corrected chi connectivity index (χ3v) is 4.91. The predicted octanol–water partition coefficient (Wildman–Crippen LogP) is 2.35. The first-order valence-corrected chi connectivity index (χ1v) is 10.5. The van der Waals surface area contributed by atoms with Gasteiger partial charge in [0.15, 0.2) is 5.82 Å². The van der Waals surface area contributed by atoms with Gasteiger partial charge in [0, 0.05) is 13.1 Å². The molecule has 3 rings (SSSR count). The van der Waals surface area contributed by atoms with Crippen molar-refractivity contribution in [2.24, 2.45) is 10.7 Å². The van der Waals surface area contributed by atoms with Gasteiger partial charge in [-0.2, -0.15) is 0 Å². The summed E-state index contributed by atoms with van der Waals surface area (Å²) in [4.78, 5) is 37.0. The molecule has 2 aromatic carbocycles. The monoisotopic (exact) mass is 440 g/mol. The number of hydrogen-bond acceptors (Lipinski definition) is 4. The fourth-order valence-corrected chi connectivity index (χ4v) is 3.11. The molecule has 0 radical (unpaired) electrons. The normalized spacial score (nSPS) is 12.5. The second kappa shape index (κ2) is 11.1. The van der Waals surface area contributed by atoms with Crippen LogP contribution in [0.4, 0.5) is 0 Å². The number of benzene rings is 2. The molecule has 0 spiro atoms. The van der Waals surface area contributed by atoms with Crippen molar-refractivity contribution < 1.29 is 9.59 Å². The minimum absolute atomic E-state index is 0.157. The Balaban J connectivity index is 1.65. The highest BCUT2D eigenvalue weighted by Crippen LogP contribution is 2.11. The molecule has 1 atom stereocenters. The molecule has 0 aliphatic heterocycles. The van der Waals surface area contributed by atoms with E-state index in [-0.39, 0.29) is 17.6 Å². The molecule has 0 saturated carbocycles. The Morgan fingerprint density at radius 1 is 1.13 bits per heavy atom. The molecule has 31 heavy (non-hydrogen) atoms. The van der Waals surface area contributed by atoms with Gasteiger partial charge in [-0.05, 0) is 30.5 Å². The van der Waals surface area contributed by atoms with Crippen molar-refractivity contribution >= 4 is 40.3 Å². The number of aromatic amines is 1. The van der Waals surface area contributed by atoms with E-state index in [1.54, 1.807) is 0 Å². The quantitative estimate of drug-likeness (QED) is 0.167. The number of para-hydroxylation sites is 2. The zero-order chi connectivity index (χ0) is 22.1. The lowest BCUT2D eigenvalue weighted by Gasteiger charge is -2.18. The Bertz CT molecular complexity index is 1020. The lowest BCUT2D eigenvalue weighted by atomic mass is 10.1. The maximum Gasteiger partial charge on any atom is 0.287 e. The number of nitrogens with one attached hydrogen (secondary N) is 3. The number of H-pyrrole nitrogens is 1. The maximum absolute atomic E-state index is 12.8. The number of carbonyl (C=O) groups is 2. The number of halogens is 1. The summed E-state index contributed by atoms with van der Waals surface area (Å²) in [6.45, 7) is 0.787. The van der Waals surface area contributed by atoms with Crippen LogP contribution in [0, 0.1) is 0 Å². The number of aromatic nitrogens is 2. The summed E-state index contributed by atoms with van der Waals surface area (Å²) in [5, 5.41) is 5.66. The summed E-state index contributed by atoms with van der Waals surface area (Å²) in [5.74, 6) is -0.0592. The van der Waals surface area contributed by atoms with Gasteiger partial charge < -0.3 is 21.4 Å². The van der Waals surface area contributed by atoms with Crippen LogP contribution in [0.1, 0.15) is 29.0 Å². The highest BCUT2D eigenvalue weighted by atomic mass is 35.5. The molecule has 0 aliphatic carbocycles. The van der Waals surface area contributed by atoms with Crippen molar-refractivity contribution in [3.8, 4) is 0 Å². The number of aliphatic imine (C=N–C) groups is 1. The molecule has 0 saturated heterocycles. The Morgan fingerprint density at radius 3 is 2.61 bits per heavy atom. The van der Waals surface area contributed by atoms with Gasteiger partial charge in [0.05, 0.1) is 16.9 Å². The van der Waals surface area contributed by atoms with Gasteiger partial charge in [-0.1, -0.05) is 42.5 Å². The molecular formula is C22H25ClN6O2. The number of amidine groups is 1. The number of hydrogen-bond donors (Lipinski definition) is 4. The number of nitrogens with two attached hydrogens (primary N) is 1. The number of rotatable bonds is 10. The molecule has 0 unspecified atom stereocenters. The Morgan fingerprint density at radius 2 is 1.87 bits per heavy atom. The van der Waals surface area contributed by atoms with E-state index in [0.717, 1.165) is 11.1 Å². The van der Waals surface area contributed by atoms with Crippen molar-refractivity contribution in [3.05, 3.63) is 66.0 Å². The van der Waals surface area contributed by atoms with E-state index < -0.39 is 11.9 Å². The van der Waals surface area contributed by atoms with E-state index in [2.05, 4.69) is 25.6 Å². The predicted molar refractivity (Wildman–Crippen MR) is 122 cm³/mol. The van der Waals surface area contributed by atoms with Crippen LogP contribution in [0.25, 0.3) is 11.0 Å². The molecular weight excluding hydrogens is 416 g/mol. The van der Waals surface area contributed by atoms with Gasteiger partial charge in [-0.3, -0.25) is 14.6 Å². The molecule has 9 heteroatoms. The van der Waals surface area contributed by atoms with Gasteiger partial charge in [0.2, 0.25) is 5.91 Å². The topological polar surface area (TPSA) is 125 Å². The highest BCUT2D eigenvalue weighted by Gasteiger charge is 2.22. The van der Waals surface area contributed by atoms with Crippen molar-refractivity contribution in [3.63, 3.8) is 0 Å². The molecule has 162 valence electrons. The van der Waals surface area contributed by atoms with Gasteiger partial charge in [-0.15, -0.1) is 11.6 Å². The average Bonchev–Trinajstić information content (AvgIpc) is 3.24. The number of alkyl halides is 1. The Kier molecular flexibility index (Phi) is 8.00. The molecule has 1 heterocycles. The first-order valence-electron chi connectivity index (χ1n) is 9.99. The van der Waals surface area contributed by atoms with E-state index in [1.807, 2.05) is 54.6 Å². The zero-order valence-electron chi connectivity index (χ0n) is 17.0. The molecule has 0 aliphatic rings. The highest BCUT2D eigenvalue weighted by molar-refractivity contribution is 6.27. The van der Waals surface area contributed by atoms with E-state index in [1.165, 1.54) is 0 Å². The summed E-state index contributed by atoms with van der Waals surface area (Å²) in [5.41, 5.74) is 8.02. The second-order valence-corrected chi connectivity index (χ2v) is 7.25. The Hall–Kier alpha value is -3.39. The molecule has 2 amide bonds. The summed E-state index contributed by atoms with van der Waals surface area (Å²) in [7, 11) is 0. The second-order valence-electron chi connectivity index (χ2n) is 6.98. The number of fused-ring (bicyclic) bond motifs is 1. The number of nitrogens with zero attached hydrogens (tertiary/aromatic N) is 2. The Labute approximate surface area is 185 Å². The van der Waals surface area contributed by atoms with E-state index in [0.29, 0.717) is 37.3 Å². The van der Waals surface area contributed by atoms with Gasteiger partial charge in [0.1, 0.15) is 11.9 Å². The number of carbonyl (C=O) groups excluding carboxylic acids is 2. The van der Waals surface area contributed by atoms with E-state index >= 15 is 0 Å². The van der Waals surface area contributed by atoms with Gasteiger partial charge in [0.25, 0.3) is 5.91 Å². The first-order chi connectivity index (χ1) is 15.1. The van der Waals surface area contributed by atoms with E-state index in [4.69, 9.17) is 17.3 Å². The molecule has 0 bridgehead atoms. The van der Waals surface area contributed by atoms with Gasteiger partial charge in [-0.25, -0.2) is 4.98 Å². The van der Waals surface area contributed by atoms with Crippen molar-refractivity contribution in [1.29, 1.82) is 0 Å². The number of imidazole rings is 1. The van der Waals surface area contributed by atoms with Crippen LogP contribution in [-0.4, -0.2) is 46.1 Å². The summed E-state index contributed by atoms with van der Waals surface area (Å²) >= 11 is 5.63. The average molecular weight is 441 g/mol. The van der Waals surface area contributed by atoms with Crippen molar-refractivity contribution in [2.75, 3.05) is 12.4 Å². The molecule has 1 aromatic heterocycles. The van der Waals surface area contributed by atoms with Crippen LogP contribution in [0.15, 0.2) is 59.6 Å². The summed E-state index contributed by atoms with van der Waals surface area (Å²) in [6.07, 6.45) is 0.951. The minimum atomic E-state index is -0.739. The molecule has 8 nitrogen and oxygen atoms in total. The first kappa shape index (κ1) is 22.3. The van der Waals surface area contributed by atoms with Crippen LogP contribution in [0.2, 0.25) is 0 Å². The van der Waals surface area contributed by atoms with Crippen LogP contribution < -0.4 is 16.4 Å². The molecule has 5 N–H and O–H groups in total. The molecule has 3 aromatic rings. The van der Waals surface area contributed by atoms with Crippen molar-refractivity contribution in [2.45, 2.75) is 25.4 Å². The van der Waals surface area contributed by atoms with E-state index in [9.17, 15) is 9.59 Å². The maximum atomic E-state index is 12.8. The van der Waals surface area contributed by atoms with Gasteiger partial charge >= 0.3 is 0 Å². The SMILES string of the molecule is NC(CCl)=NCCC[C@H](NC(=O)c1nc2ccccc2[nH]1)C(=O)NCc1ccccc1. The smallest absolute Gasteiger partial charge is 0.287 e. The minimum Gasteiger partial charge on any atom is -0.386 e. The lowest BCUT2D eigenvalue weighted by Crippen LogP contribution is -2.46. The van der Waals surface area contributed by atoms with Crippen molar-refractivity contribution in [1.82, 2.24) is 20.6 Å². The zero-order valence-corrected chi connectivity index (χ0v) is 17.7.